The van der Waals surface area contributed by atoms with E-state index in [0.717, 1.165) is 5.56 Å². The van der Waals surface area contributed by atoms with Gasteiger partial charge < -0.3 is 15.5 Å². The molecule has 1 aliphatic carbocycles. The molecule has 0 heterocycles. The van der Waals surface area contributed by atoms with Crippen LogP contribution in [-0.4, -0.2) is 21.8 Å². The number of benzene rings is 3. The molecule has 4 rings (SSSR count). The van der Waals surface area contributed by atoms with Gasteiger partial charge in [-0.25, -0.2) is 0 Å². The van der Waals surface area contributed by atoms with Crippen LogP contribution in [0.3, 0.4) is 0 Å². The lowest BCUT2D eigenvalue weighted by atomic mass is 9.82. The molecule has 5 heteroatoms. The zero-order chi connectivity index (χ0) is 19.1. The van der Waals surface area contributed by atoms with Gasteiger partial charge >= 0.3 is 0 Å². The first-order chi connectivity index (χ1) is 13.0. The Bertz CT molecular complexity index is 1090. The van der Waals surface area contributed by atoms with Gasteiger partial charge in [0.2, 0.25) is 0 Å². The predicted octanol–water partition coefficient (Wildman–Crippen LogP) is 3.96. The number of anilines is 2. The first-order valence-corrected chi connectivity index (χ1v) is 8.57. The highest BCUT2D eigenvalue weighted by Crippen LogP contribution is 2.38. The molecule has 0 amide bonds. The lowest BCUT2D eigenvalue weighted by molar-refractivity contribution is 0.0977. The molecule has 3 aromatic rings. The summed E-state index contributed by atoms with van der Waals surface area (Å²) in [5, 5.41) is 23.2. The molecule has 0 bridgehead atoms. The van der Waals surface area contributed by atoms with Crippen molar-refractivity contribution in [3.05, 3.63) is 88.5 Å². The van der Waals surface area contributed by atoms with Crippen LogP contribution in [-0.2, 0) is 0 Å². The minimum absolute atomic E-state index is 0.00961. The van der Waals surface area contributed by atoms with Gasteiger partial charge in [0.25, 0.3) is 0 Å². The number of hydrogen-bond donors (Lipinski definition) is 3. The highest BCUT2D eigenvalue weighted by molar-refractivity contribution is 6.31. The van der Waals surface area contributed by atoms with E-state index in [4.69, 9.17) is 0 Å². The quantitative estimate of drug-likeness (QED) is 0.482. The van der Waals surface area contributed by atoms with Crippen LogP contribution in [0, 0.1) is 0 Å². The van der Waals surface area contributed by atoms with Gasteiger partial charge in [-0.05, 0) is 36.8 Å². The maximum Gasteiger partial charge on any atom is 0.198 e. The molecule has 3 aromatic carbocycles. The smallest absolute Gasteiger partial charge is 0.198 e. The summed E-state index contributed by atoms with van der Waals surface area (Å²) in [6.07, 6.45) is -0.629. The van der Waals surface area contributed by atoms with Gasteiger partial charge in [0.05, 0.1) is 22.9 Å². The molecule has 0 fully saturated rings. The van der Waals surface area contributed by atoms with Crippen molar-refractivity contribution in [1.82, 2.24) is 0 Å². The summed E-state index contributed by atoms with van der Waals surface area (Å²) in [5.74, 6) is -0.912. The molecular formula is C22H17NO4. The van der Waals surface area contributed by atoms with Crippen molar-refractivity contribution in [3.63, 3.8) is 0 Å². The van der Waals surface area contributed by atoms with E-state index >= 15 is 0 Å². The molecule has 0 saturated carbocycles. The van der Waals surface area contributed by atoms with Gasteiger partial charge in [-0.1, -0.05) is 36.4 Å². The lowest BCUT2D eigenvalue weighted by Crippen LogP contribution is -2.22. The number of nitrogens with one attached hydrogen (secondary N) is 1. The van der Waals surface area contributed by atoms with Crippen LogP contribution in [0.25, 0.3) is 0 Å². The summed E-state index contributed by atoms with van der Waals surface area (Å²) in [6.45, 7) is 1.67. The maximum absolute atomic E-state index is 13.0. The predicted molar refractivity (Wildman–Crippen MR) is 102 cm³/mol. The molecular weight excluding hydrogens is 342 g/mol. The summed E-state index contributed by atoms with van der Waals surface area (Å²) < 4.78 is 0. The van der Waals surface area contributed by atoms with Crippen LogP contribution < -0.4 is 5.32 Å². The second-order valence-corrected chi connectivity index (χ2v) is 6.51. The highest BCUT2D eigenvalue weighted by atomic mass is 16.3. The number of rotatable bonds is 3. The van der Waals surface area contributed by atoms with Crippen molar-refractivity contribution < 1.29 is 19.8 Å². The molecule has 1 aliphatic rings. The molecule has 0 radical (unpaired) electrons. The van der Waals surface area contributed by atoms with Crippen molar-refractivity contribution in [3.8, 4) is 5.75 Å². The maximum atomic E-state index is 13.0. The molecule has 1 atom stereocenters. The third-order valence-corrected chi connectivity index (χ3v) is 4.70. The third kappa shape index (κ3) is 2.78. The Morgan fingerprint density at radius 2 is 1.52 bits per heavy atom. The van der Waals surface area contributed by atoms with Crippen LogP contribution in [0.4, 0.5) is 11.4 Å². The molecule has 134 valence electrons. The summed E-state index contributed by atoms with van der Waals surface area (Å²) in [5.41, 5.74) is 2.59. The average Bonchev–Trinajstić information content (AvgIpc) is 2.67. The Balaban J connectivity index is 1.85. The van der Waals surface area contributed by atoms with Gasteiger partial charge in [0, 0.05) is 16.8 Å². The molecule has 0 aliphatic heterocycles. The van der Waals surface area contributed by atoms with Crippen molar-refractivity contribution in [1.29, 1.82) is 0 Å². The van der Waals surface area contributed by atoms with Gasteiger partial charge in [0.1, 0.15) is 5.75 Å². The first-order valence-electron chi connectivity index (χ1n) is 8.57. The van der Waals surface area contributed by atoms with Crippen LogP contribution in [0.1, 0.15) is 50.4 Å². The second kappa shape index (κ2) is 6.37. The molecule has 0 spiro atoms. The number of aliphatic hydroxyl groups excluding tert-OH is 1. The average molecular weight is 359 g/mol. The fourth-order valence-corrected chi connectivity index (χ4v) is 3.34. The summed E-state index contributed by atoms with van der Waals surface area (Å²) in [7, 11) is 0. The number of phenolic OH excluding ortho intramolecular Hbond substituents is 1. The van der Waals surface area contributed by atoms with Gasteiger partial charge in [-0.2, -0.15) is 0 Å². The fourth-order valence-electron chi connectivity index (χ4n) is 3.34. The van der Waals surface area contributed by atoms with E-state index < -0.39 is 6.10 Å². The summed E-state index contributed by atoms with van der Waals surface area (Å²) >= 11 is 0. The number of phenols is 1. The van der Waals surface area contributed by atoms with Crippen LogP contribution >= 0.6 is 0 Å². The van der Waals surface area contributed by atoms with Gasteiger partial charge in [-0.3, -0.25) is 9.59 Å². The highest BCUT2D eigenvalue weighted by Gasteiger charge is 2.33. The monoisotopic (exact) mass is 359 g/mol. The largest absolute Gasteiger partial charge is 0.507 e. The number of carbonyl (C=O) groups excluding carboxylic acids is 2. The van der Waals surface area contributed by atoms with E-state index in [0.29, 0.717) is 22.5 Å². The van der Waals surface area contributed by atoms with E-state index in [1.807, 2.05) is 0 Å². The molecule has 27 heavy (non-hydrogen) atoms. The van der Waals surface area contributed by atoms with E-state index in [1.54, 1.807) is 61.5 Å². The Hall–Kier alpha value is -3.44. The van der Waals surface area contributed by atoms with Crippen LogP contribution in [0.5, 0.6) is 5.75 Å². The fraction of sp³-hybridized carbons (Fsp3) is 0.0909. The summed E-state index contributed by atoms with van der Waals surface area (Å²) in [4.78, 5) is 25.9. The molecule has 1 unspecified atom stereocenters. The number of carbonyl (C=O) groups is 2. The Kier molecular flexibility index (Phi) is 4.01. The lowest BCUT2D eigenvalue weighted by Gasteiger charge is -2.22. The molecule has 0 aromatic heterocycles. The van der Waals surface area contributed by atoms with Crippen molar-refractivity contribution in [2.45, 2.75) is 13.0 Å². The number of hydrogen-bond acceptors (Lipinski definition) is 5. The zero-order valence-corrected chi connectivity index (χ0v) is 14.6. The van der Waals surface area contributed by atoms with E-state index in [1.165, 1.54) is 6.07 Å². The SMILES string of the molecule is CC(O)c1cccc(Nc2ccc(O)c3c2C(=O)c2ccccc2C3=O)c1. The molecule has 0 saturated heterocycles. The van der Waals surface area contributed by atoms with Crippen molar-refractivity contribution in [2.75, 3.05) is 5.32 Å². The second-order valence-electron chi connectivity index (χ2n) is 6.51. The molecule has 3 N–H and O–H groups in total. The topological polar surface area (TPSA) is 86.6 Å². The number of fused-ring (bicyclic) bond motifs is 2. The van der Waals surface area contributed by atoms with Gasteiger partial charge in [-0.15, -0.1) is 0 Å². The number of aliphatic hydroxyl groups is 1. The van der Waals surface area contributed by atoms with Crippen molar-refractivity contribution >= 4 is 22.9 Å². The van der Waals surface area contributed by atoms with Gasteiger partial charge in [0.15, 0.2) is 11.6 Å². The van der Waals surface area contributed by atoms with E-state index in [-0.39, 0.29) is 28.4 Å². The normalized spacial score (nSPS) is 13.7. The summed E-state index contributed by atoms with van der Waals surface area (Å²) in [6, 6.07) is 16.7. The van der Waals surface area contributed by atoms with Crippen molar-refractivity contribution in [2.24, 2.45) is 0 Å². The van der Waals surface area contributed by atoms with E-state index in [9.17, 15) is 19.8 Å². The zero-order valence-electron chi connectivity index (χ0n) is 14.6. The Morgan fingerprint density at radius 1 is 0.852 bits per heavy atom. The standard InChI is InChI=1S/C22H17NO4/c1-12(24)13-5-4-6-14(11-13)23-17-9-10-18(25)20-19(17)21(26)15-7-2-3-8-16(15)22(20)27/h2-12,23-25H,1H3. The Labute approximate surface area is 155 Å². The Morgan fingerprint density at radius 3 is 2.19 bits per heavy atom. The van der Waals surface area contributed by atoms with Crippen LogP contribution in [0.15, 0.2) is 60.7 Å². The third-order valence-electron chi connectivity index (χ3n) is 4.70. The van der Waals surface area contributed by atoms with E-state index in [2.05, 4.69) is 5.32 Å². The number of aromatic hydroxyl groups is 1. The minimum atomic E-state index is -0.629. The number of ketones is 2. The molecule has 5 nitrogen and oxygen atoms in total. The first kappa shape index (κ1) is 17.0. The van der Waals surface area contributed by atoms with Crippen LogP contribution in [0.2, 0.25) is 0 Å². The minimum Gasteiger partial charge on any atom is -0.507 e.